The van der Waals surface area contributed by atoms with Crippen LogP contribution in [0.25, 0.3) is 0 Å². The lowest BCUT2D eigenvalue weighted by Gasteiger charge is -1.95. The van der Waals surface area contributed by atoms with Crippen LogP contribution < -0.4 is 0 Å². The molecule has 1 saturated heterocycles. The highest BCUT2D eigenvalue weighted by atomic mass is 127. The monoisotopic (exact) mass is 213 g/mol. The van der Waals surface area contributed by atoms with Gasteiger partial charge in [0, 0.05) is 0 Å². The smallest absolute Gasteiger partial charge is 0.418 e. The summed E-state index contributed by atoms with van der Waals surface area (Å²) in [4.78, 5) is 10.3. The van der Waals surface area contributed by atoms with Crippen molar-refractivity contribution in [3.05, 3.63) is 0 Å². The van der Waals surface area contributed by atoms with Gasteiger partial charge in [0.05, 0.1) is 29.4 Å². The Morgan fingerprint density at radius 1 is 1.86 bits per heavy atom. The highest BCUT2D eigenvalue weighted by molar-refractivity contribution is 14.1. The average molecular weight is 213 g/mol. The molecule has 0 saturated carbocycles. The van der Waals surface area contributed by atoms with E-state index in [-0.39, 0.29) is 6.09 Å². The number of ether oxygens (including phenoxy) is 1. The number of hydrogen-bond acceptors (Lipinski definition) is 2. The number of cyclic esters (lactones) is 1. The number of halogens is 1. The summed E-state index contributed by atoms with van der Waals surface area (Å²) in [5.74, 6) is 0. The van der Waals surface area contributed by atoms with E-state index in [0.717, 1.165) is 6.54 Å². The highest BCUT2D eigenvalue weighted by Crippen LogP contribution is 2.07. The second kappa shape index (κ2) is 1.85. The standard InChI is InChI=1S/C3H4INO2/c4-5-1-2-7-3(5)6/h1-2H2. The number of amides is 1. The predicted octanol–water partition coefficient (Wildman–Crippen LogP) is 0.789. The molecule has 4 heteroatoms. The maximum absolute atomic E-state index is 10.3. The minimum absolute atomic E-state index is 0.222. The Labute approximate surface area is 55.1 Å². The van der Waals surface area contributed by atoms with Crippen LogP contribution in [0.2, 0.25) is 0 Å². The van der Waals surface area contributed by atoms with E-state index in [1.54, 1.807) is 0 Å². The molecule has 7 heavy (non-hydrogen) atoms. The number of rotatable bonds is 0. The summed E-state index contributed by atoms with van der Waals surface area (Å²) in [5, 5.41) is 0. The number of hydrogen-bond donors (Lipinski definition) is 0. The second-order valence-electron chi connectivity index (χ2n) is 1.20. The molecule has 0 aromatic carbocycles. The van der Waals surface area contributed by atoms with Crippen LogP contribution >= 0.6 is 22.9 Å². The topological polar surface area (TPSA) is 29.5 Å². The fourth-order valence-electron chi connectivity index (χ4n) is 0.374. The first-order chi connectivity index (χ1) is 3.30. The first-order valence-electron chi connectivity index (χ1n) is 1.91. The van der Waals surface area contributed by atoms with Gasteiger partial charge in [-0.1, -0.05) is 0 Å². The zero-order chi connectivity index (χ0) is 5.28. The Kier molecular flexibility index (Phi) is 1.36. The molecular formula is C3H4INO2. The van der Waals surface area contributed by atoms with Gasteiger partial charge in [0.25, 0.3) is 0 Å². The maximum atomic E-state index is 10.3. The first kappa shape index (κ1) is 5.14. The van der Waals surface area contributed by atoms with Crippen LogP contribution in [0.15, 0.2) is 0 Å². The maximum Gasteiger partial charge on any atom is 0.418 e. The van der Waals surface area contributed by atoms with Crippen molar-refractivity contribution < 1.29 is 9.53 Å². The zero-order valence-corrected chi connectivity index (χ0v) is 5.71. The van der Waals surface area contributed by atoms with Gasteiger partial charge in [-0.2, -0.15) is 0 Å². The van der Waals surface area contributed by atoms with Crippen LogP contribution in [0.5, 0.6) is 0 Å². The summed E-state index contributed by atoms with van der Waals surface area (Å²) in [6, 6.07) is 0. The first-order valence-corrected chi connectivity index (χ1v) is 2.87. The molecule has 1 rings (SSSR count). The van der Waals surface area contributed by atoms with Gasteiger partial charge in [0.15, 0.2) is 0 Å². The highest BCUT2D eigenvalue weighted by Gasteiger charge is 2.17. The summed E-state index contributed by atoms with van der Waals surface area (Å²) in [6.07, 6.45) is -0.222. The minimum Gasteiger partial charge on any atom is -0.447 e. The summed E-state index contributed by atoms with van der Waals surface area (Å²) in [5.41, 5.74) is 0. The van der Waals surface area contributed by atoms with Crippen LogP contribution in [0.4, 0.5) is 4.79 Å². The van der Waals surface area contributed by atoms with Crippen LogP contribution in [0, 0.1) is 0 Å². The van der Waals surface area contributed by atoms with Gasteiger partial charge in [-0.15, -0.1) is 0 Å². The van der Waals surface area contributed by atoms with E-state index in [9.17, 15) is 4.79 Å². The predicted molar refractivity (Wildman–Crippen MR) is 32.1 cm³/mol. The molecule has 0 spiro atoms. The molecule has 3 nitrogen and oxygen atoms in total. The second-order valence-corrected chi connectivity index (χ2v) is 2.36. The molecule has 1 heterocycles. The molecule has 1 fully saturated rings. The molecular weight excluding hydrogens is 209 g/mol. The molecule has 1 aliphatic heterocycles. The van der Waals surface area contributed by atoms with Crippen LogP contribution in [-0.2, 0) is 4.74 Å². The van der Waals surface area contributed by atoms with Crippen molar-refractivity contribution in [3.8, 4) is 0 Å². The number of nitrogens with zero attached hydrogens (tertiary/aromatic N) is 1. The van der Waals surface area contributed by atoms with E-state index in [1.165, 1.54) is 3.11 Å². The van der Waals surface area contributed by atoms with E-state index in [1.807, 2.05) is 22.9 Å². The van der Waals surface area contributed by atoms with Gasteiger partial charge in [-0.25, -0.2) is 7.91 Å². The third kappa shape index (κ3) is 0.960. The lowest BCUT2D eigenvalue weighted by atomic mass is 10.7. The molecule has 0 atom stereocenters. The van der Waals surface area contributed by atoms with Crippen LogP contribution in [0.3, 0.4) is 0 Å². The molecule has 0 N–H and O–H groups in total. The molecule has 40 valence electrons. The quantitative estimate of drug-likeness (QED) is 0.439. The third-order valence-electron chi connectivity index (χ3n) is 0.711. The molecule has 1 aliphatic rings. The van der Waals surface area contributed by atoms with Gasteiger partial charge in [0.2, 0.25) is 0 Å². The summed E-state index contributed by atoms with van der Waals surface area (Å²) >= 11 is 1.92. The molecule has 0 radical (unpaired) electrons. The lowest BCUT2D eigenvalue weighted by molar-refractivity contribution is 0.172. The van der Waals surface area contributed by atoms with Crippen molar-refractivity contribution in [2.24, 2.45) is 0 Å². The Bertz CT molecular complexity index is 94.9. The van der Waals surface area contributed by atoms with E-state index >= 15 is 0 Å². The normalized spacial score (nSPS) is 20.1. The summed E-state index contributed by atoms with van der Waals surface area (Å²) in [6.45, 7) is 1.27. The van der Waals surface area contributed by atoms with Gasteiger partial charge in [-0.05, 0) is 0 Å². The summed E-state index contributed by atoms with van der Waals surface area (Å²) in [7, 11) is 0. The van der Waals surface area contributed by atoms with Gasteiger partial charge < -0.3 is 4.74 Å². The lowest BCUT2D eigenvalue weighted by Crippen LogP contribution is -2.09. The number of carbonyl (C=O) groups is 1. The Morgan fingerprint density at radius 3 is 2.71 bits per heavy atom. The van der Waals surface area contributed by atoms with Crippen molar-refractivity contribution in [1.29, 1.82) is 0 Å². The van der Waals surface area contributed by atoms with Crippen molar-refractivity contribution in [2.45, 2.75) is 0 Å². The molecule has 1 amide bonds. The Morgan fingerprint density at radius 2 is 2.57 bits per heavy atom. The Balaban J connectivity index is 2.48. The van der Waals surface area contributed by atoms with Gasteiger partial charge >= 0.3 is 6.09 Å². The van der Waals surface area contributed by atoms with Gasteiger partial charge in [0.1, 0.15) is 6.61 Å². The van der Waals surface area contributed by atoms with Gasteiger partial charge in [-0.3, -0.25) is 0 Å². The van der Waals surface area contributed by atoms with E-state index in [4.69, 9.17) is 0 Å². The fraction of sp³-hybridized carbons (Fsp3) is 0.667. The zero-order valence-electron chi connectivity index (χ0n) is 3.56. The average Bonchev–Trinajstić information content (AvgIpc) is 1.91. The third-order valence-corrected chi connectivity index (χ3v) is 1.59. The summed E-state index contributed by atoms with van der Waals surface area (Å²) < 4.78 is 6.06. The molecule has 0 bridgehead atoms. The van der Waals surface area contributed by atoms with Crippen molar-refractivity contribution >= 4 is 29.0 Å². The minimum atomic E-state index is -0.222. The van der Waals surface area contributed by atoms with E-state index in [0.29, 0.717) is 6.61 Å². The number of carbonyl (C=O) groups excluding carboxylic acids is 1. The molecule has 0 aromatic rings. The van der Waals surface area contributed by atoms with Crippen LogP contribution in [-0.4, -0.2) is 22.4 Å². The van der Waals surface area contributed by atoms with E-state index in [2.05, 4.69) is 4.74 Å². The van der Waals surface area contributed by atoms with Crippen molar-refractivity contribution in [1.82, 2.24) is 3.11 Å². The Hall–Kier alpha value is 0. The van der Waals surface area contributed by atoms with Crippen molar-refractivity contribution in [2.75, 3.05) is 13.2 Å². The fourth-order valence-corrected chi connectivity index (χ4v) is 0.711. The molecule has 0 unspecified atom stereocenters. The molecule has 0 aromatic heterocycles. The molecule has 0 aliphatic carbocycles. The SMILES string of the molecule is O=C1OCCN1I. The van der Waals surface area contributed by atoms with E-state index < -0.39 is 0 Å². The van der Waals surface area contributed by atoms with Crippen molar-refractivity contribution in [3.63, 3.8) is 0 Å². The largest absolute Gasteiger partial charge is 0.447 e. The van der Waals surface area contributed by atoms with Crippen LogP contribution in [0.1, 0.15) is 0 Å².